The van der Waals surface area contributed by atoms with E-state index < -0.39 is 0 Å². The molecule has 0 bridgehead atoms. The van der Waals surface area contributed by atoms with Gasteiger partial charge in [-0.15, -0.1) is 0 Å². The lowest BCUT2D eigenvalue weighted by Crippen LogP contribution is -2.16. The third-order valence-corrected chi connectivity index (χ3v) is 4.64. The molecule has 0 spiro atoms. The van der Waals surface area contributed by atoms with Gasteiger partial charge >= 0.3 is 0 Å². The lowest BCUT2D eigenvalue weighted by atomic mass is 10.2. The molecule has 0 radical (unpaired) electrons. The molecule has 130 valence electrons. The molecular formula is C21H19N3O2. The van der Waals surface area contributed by atoms with E-state index in [0.29, 0.717) is 18.4 Å². The second-order valence-electron chi connectivity index (χ2n) is 6.39. The van der Waals surface area contributed by atoms with Crippen molar-refractivity contribution < 1.29 is 4.79 Å². The van der Waals surface area contributed by atoms with Crippen LogP contribution in [0.4, 0.5) is 5.69 Å². The van der Waals surface area contributed by atoms with Crippen molar-refractivity contribution in [2.75, 3.05) is 5.32 Å². The Morgan fingerprint density at radius 2 is 1.85 bits per heavy atom. The highest BCUT2D eigenvalue weighted by Crippen LogP contribution is 2.20. The van der Waals surface area contributed by atoms with Crippen LogP contribution in [0.5, 0.6) is 0 Å². The highest BCUT2D eigenvalue weighted by atomic mass is 16.1. The van der Waals surface area contributed by atoms with Crippen molar-refractivity contribution >= 4 is 33.4 Å². The van der Waals surface area contributed by atoms with Gasteiger partial charge in [-0.1, -0.05) is 18.2 Å². The lowest BCUT2D eigenvalue weighted by Gasteiger charge is -2.11. The first-order valence-electron chi connectivity index (χ1n) is 8.55. The van der Waals surface area contributed by atoms with E-state index in [-0.39, 0.29) is 11.3 Å². The topological polar surface area (TPSA) is 56.0 Å². The molecule has 0 fully saturated rings. The monoisotopic (exact) mass is 345 g/mol. The average Bonchev–Trinajstić information content (AvgIpc) is 3.02. The number of nitrogens with one attached hydrogen (secondary N) is 1. The number of hydrogen-bond acceptors (Lipinski definition) is 2. The molecule has 0 aliphatic rings. The second kappa shape index (κ2) is 6.52. The molecule has 0 aliphatic carbocycles. The lowest BCUT2D eigenvalue weighted by molar-refractivity contribution is -0.116. The minimum absolute atomic E-state index is 0.00262. The van der Waals surface area contributed by atoms with E-state index in [1.807, 2.05) is 70.9 Å². The fourth-order valence-electron chi connectivity index (χ4n) is 3.24. The van der Waals surface area contributed by atoms with Crippen LogP contribution >= 0.6 is 0 Å². The summed E-state index contributed by atoms with van der Waals surface area (Å²) in [5.41, 5.74) is 2.71. The smallest absolute Gasteiger partial charge is 0.226 e. The number of benzene rings is 2. The fraction of sp³-hybridized carbons (Fsp3) is 0.143. The van der Waals surface area contributed by atoms with Crippen LogP contribution in [0.2, 0.25) is 0 Å². The number of nitrogens with zero attached hydrogens (tertiary/aromatic N) is 2. The zero-order valence-electron chi connectivity index (χ0n) is 14.5. The first-order valence-corrected chi connectivity index (χ1v) is 8.55. The fourth-order valence-corrected chi connectivity index (χ4v) is 3.24. The average molecular weight is 345 g/mol. The van der Waals surface area contributed by atoms with Crippen molar-refractivity contribution in [3.8, 4) is 0 Å². The van der Waals surface area contributed by atoms with Crippen LogP contribution in [0, 0.1) is 0 Å². The van der Waals surface area contributed by atoms with Gasteiger partial charge in [0.1, 0.15) is 0 Å². The standard InChI is InChI=1S/C21H19N3O2/c1-23-11-8-15-6-7-16(14-19(15)23)22-21(26)10-13-24-12-9-20(25)17-4-2-3-5-18(17)24/h2-9,11-12,14H,10,13H2,1H3,(H,22,26). The van der Waals surface area contributed by atoms with Crippen LogP contribution in [0.1, 0.15) is 6.42 Å². The SMILES string of the molecule is Cn1ccc2ccc(NC(=O)CCn3ccc(=O)c4ccccc43)cc21. The Labute approximate surface area is 150 Å². The van der Waals surface area contributed by atoms with Crippen LogP contribution in [0.15, 0.2) is 71.8 Å². The van der Waals surface area contributed by atoms with Gasteiger partial charge in [0.25, 0.3) is 0 Å². The molecule has 2 heterocycles. The Hall–Kier alpha value is -3.34. The molecule has 0 saturated heterocycles. The number of rotatable bonds is 4. The Morgan fingerprint density at radius 1 is 1.00 bits per heavy atom. The molecule has 2 aromatic carbocycles. The molecule has 0 unspecified atom stereocenters. The maximum absolute atomic E-state index is 12.4. The molecule has 5 nitrogen and oxygen atoms in total. The van der Waals surface area contributed by atoms with Crippen molar-refractivity contribution in [3.63, 3.8) is 0 Å². The quantitative estimate of drug-likeness (QED) is 0.615. The number of fused-ring (bicyclic) bond motifs is 2. The van der Waals surface area contributed by atoms with E-state index in [0.717, 1.165) is 22.1 Å². The first-order chi connectivity index (χ1) is 12.6. The predicted octanol–water partition coefficient (Wildman–Crippen LogP) is 3.52. The summed E-state index contributed by atoms with van der Waals surface area (Å²) >= 11 is 0. The number of hydrogen-bond donors (Lipinski definition) is 1. The zero-order valence-corrected chi connectivity index (χ0v) is 14.5. The van der Waals surface area contributed by atoms with Gasteiger partial charge in [-0.05, 0) is 35.7 Å². The number of amides is 1. The van der Waals surface area contributed by atoms with E-state index in [9.17, 15) is 9.59 Å². The Bertz CT molecular complexity index is 1170. The first kappa shape index (κ1) is 16.1. The molecule has 26 heavy (non-hydrogen) atoms. The van der Waals surface area contributed by atoms with Gasteiger partial charge in [-0.25, -0.2) is 0 Å². The zero-order chi connectivity index (χ0) is 18.1. The molecular weight excluding hydrogens is 326 g/mol. The third kappa shape index (κ3) is 2.99. The van der Waals surface area contributed by atoms with E-state index in [1.54, 1.807) is 12.3 Å². The second-order valence-corrected chi connectivity index (χ2v) is 6.39. The Morgan fingerprint density at radius 3 is 2.73 bits per heavy atom. The van der Waals surface area contributed by atoms with Gasteiger partial charge in [0.2, 0.25) is 5.91 Å². The van der Waals surface area contributed by atoms with Crippen molar-refractivity contribution in [1.29, 1.82) is 0 Å². The van der Waals surface area contributed by atoms with E-state index in [4.69, 9.17) is 0 Å². The predicted molar refractivity (Wildman–Crippen MR) is 104 cm³/mol. The molecule has 0 saturated carbocycles. The van der Waals surface area contributed by atoms with E-state index in [1.165, 1.54) is 0 Å². The van der Waals surface area contributed by atoms with Crippen molar-refractivity contribution in [2.24, 2.45) is 7.05 Å². The molecule has 4 rings (SSSR count). The number of aryl methyl sites for hydroxylation is 2. The molecule has 1 N–H and O–H groups in total. The number of pyridine rings is 1. The van der Waals surface area contributed by atoms with Gasteiger partial charge in [0.05, 0.1) is 5.52 Å². The minimum Gasteiger partial charge on any atom is -0.350 e. The summed E-state index contributed by atoms with van der Waals surface area (Å²) in [6.45, 7) is 0.513. The van der Waals surface area contributed by atoms with Gasteiger partial charge in [-0.3, -0.25) is 9.59 Å². The van der Waals surface area contributed by atoms with Crippen molar-refractivity contribution in [2.45, 2.75) is 13.0 Å². The summed E-state index contributed by atoms with van der Waals surface area (Å²) in [4.78, 5) is 24.3. The number of carbonyl (C=O) groups excluding carboxylic acids is 1. The summed E-state index contributed by atoms with van der Waals surface area (Å²) in [6, 6.07) is 16.9. The molecule has 4 aromatic rings. The maximum Gasteiger partial charge on any atom is 0.226 e. The van der Waals surface area contributed by atoms with Crippen molar-refractivity contribution in [3.05, 3.63) is 77.2 Å². The molecule has 1 amide bonds. The third-order valence-electron chi connectivity index (χ3n) is 4.64. The van der Waals surface area contributed by atoms with Gasteiger partial charge in [-0.2, -0.15) is 0 Å². The van der Waals surface area contributed by atoms with Gasteiger partial charge in [0.15, 0.2) is 5.43 Å². The van der Waals surface area contributed by atoms with Gasteiger partial charge in [0, 0.05) is 55.1 Å². The number of anilines is 1. The minimum atomic E-state index is -0.0543. The van der Waals surface area contributed by atoms with Crippen LogP contribution < -0.4 is 10.7 Å². The van der Waals surface area contributed by atoms with Gasteiger partial charge < -0.3 is 14.5 Å². The van der Waals surface area contributed by atoms with Crippen LogP contribution in [-0.4, -0.2) is 15.0 Å². The van der Waals surface area contributed by atoms with Crippen LogP contribution in [0.3, 0.4) is 0 Å². The molecule has 0 aliphatic heterocycles. The van der Waals surface area contributed by atoms with Crippen LogP contribution in [0.25, 0.3) is 21.8 Å². The normalized spacial score (nSPS) is 11.1. The van der Waals surface area contributed by atoms with E-state index >= 15 is 0 Å². The van der Waals surface area contributed by atoms with E-state index in [2.05, 4.69) is 5.32 Å². The molecule has 2 aromatic heterocycles. The maximum atomic E-state index is 12.4. The highest BCUT2D eigenvalue weighted by molar-refractivity contribution is 5.93. The van der Waals surface area contributed by atoms with Crippen LogP contribution in [-0.2, 0) is 18.4 Å². The summed E-state index contributed by atoms with van der Waals surface area (Å²) in [7, 11) is 1.98. The molecule has 0 atom stereocenters. The summed E-state index contributed by atoms with van der Waals surface area (Å²) < 4.78 is 3.97. The number of aromatic nitrogens is 2. The number of carbonyl (C=O) groups is 1. The Balaban J connectivity index is 1.49. The largest absolute Gasteiger partial charge is 0.350 e. The Kier molecular flexibility index (Phi) is 4.05. The summed E-state index contributed by atoms with van der Waals surface area (Å²) in [5.74, 6) is -0.0543. The summed E-state index contributed by atoms with van der Waals surface area (Å²) in [6.07, 6.45) is 4.07. The van der Waals surface area contributed by atoms with Crippen molar-refractivity contribution in [1.82, 2.24) is 9.13 Å². The molecule has 5 heteroatoms. The summed E-state index contributed by atoms with van der Waals surface area (Å²) in [5, 5.41) is 4.77. The number of para-hydroxylation sites is 1. The highest BCUT2D eigenvalue weighted by Gasteiger charge is 2.07.